The van der Waals surface area contributed by atoms with Crippen molar-refractivity contribution in [2.75, 3.05) is 13.1 Å². The number of ether oxygens (including phenoxy) is 2. The number of rotatable bonds is 2. The van der Waals surface area contributed by atoms with E-state index < -0.39 is 5.79 Å². The van der Waals surface area contributed by atoms with Crippen LogP contribution in [0, 0.1) is 5.92 Å². The first-order valence-electron chi connectivity index (χ1n) is 8.50. The summed E-state index contributed by atoms with van der Waals surface area (Å²) in [4.78, 5) is 15.1. The predicted octanol–water partition coefficient (Wildman–Crippen LogP) is 2.41. The molecule has 3 saturated heterocycles. The molecule has 4 heterocycles. The van der Waals surface area contributed by atoms with Gasteiger partial charge in [-0.05, 0) is 57.0 Å². The number of nitrogens with one attached hydrogen (secondary N) is 1. The van der Waals surface area contributed by atoms with Gasteiger partial charge in [-0.25, -0.2) is 0 Å². The number of carbonyl (C=O) groups excluding carboxylic acids is 1. The SMILES string of the molecule is C[C@H]1[C@H](NC(=O)c2ccc3c(c2)OC(C)(C)O3)C2CCN1CC2. The topological polar surface area (TPSA) is 50.8 Å². The summed E-state index contributed by atoms with van der Waals surface area (Å²) >= 11 is 0. The van der Waals surface area contributed by atoms with E-state index in [9.17, 15) is 4.79 Å². The third-order valence-corrected chi connectivity index (χ3v) is 5.39. The Morgan fingerprint density at radius 2 is 1.91 bits per heavy atom. The quantitative estimate of drug-likeness (QED) is 0.910. The summed E-state index contributed by atoms with van der Waals surface area (Å²) in [5.41, 5.74) is 0.633. The molecule has 4 aliphatic rings. The van der Waals surface area contributed by atoms with Crippen molar-refractivity contribution in [2.45, 2.75) is 51.5 Å². The van der Waals surface area contributed by atoms with Gasteiger partial charge < -0.3 is 14.8 Å². The average Bonchev–Trinajstić information content (AvgIpc) is 2.83. The van der Waals surface area contributed by atoms with Gasteiger partial charge in [-0.1, -0.05) is 0 Å². The molecule has 1 aromatic rings. The highest BCUT2D eigenvalue weighted by Gasteiger charge is 2.40. The molecule has 1 N–H and O–H groups in total. The summed E-state index contributed by atoms with van der Waals surface area (Å²) in [5.74, 6) is 1.26. The second-order valence-corrected chi connectivity index (χ2v) is 7.38. The zero-order valence-corrected chi connectivity index (χ0v) is 14.0. The molecule has 5 nitrogen and oxygen atoms in total. The maximum absolute atomic E-state index is 12.7. The summed E-state index contributed by atoms with van der Waals surface area (Å²) in [6, 6.07) is 6.07. The first-order chi connectivity index (χ1) is 10.9. The number of benzene rings is 1. The van der Waals surface area contributed by atoms with Gasteiger partial charge in [0.15, 0.2) is 11.5 Å². The lowest BCUT2D eigenvalue weighted by molar-refractivity contribution is -0.0431. The molecule has 4 aliphatic heterocycles. The fourth-order valence-electron chi connectivity index (χ4n) is 4.14. The van der Waals surface area contributed by atoms with Gasteiger partial charge >= 0.3 is 0 Å². The fourth-order valence-corrected chi connectivity index (χ4v) is 4.14. The summed E-state index contributed by atoms with van der Waals surface area (Å²) in [7, 11) is 0. The van der Waals surface area contributed by atoms with E-state index in [1.54, 1.807) is 6.07 Å². The molecule has 0 aliphatic carbocycles. The van der Waals surface area contributed by atoms with Crippen molar-refractivity contribution in [1.82, 2.24) is 10.2 Å². The second kappa shape index (κ2) is 5.13. The molecule has 5 rings (SSSR count). The van der Waals surface area contributed by atoms with Crippen LogP contribution in [0.2, 0.25) is 0 Å². The smallest absolute Gasteiger partial charge is 0.251 e. The van der Waals surface area contributed by atoms with Gasteiger partial charge in [0.2, 0.25) is 5.79 Å². The van der Waals surface area contributed by atoms with Crippen LogP contribution in [-0.4, -0.2) is 41.8 Å². The Balaban J connectivity index is 1.50. The number of amides is 1. The molecule has 0 unspecified atom stereocenters. The van der Waals surface area contributed by atoms with E-state index in [2.05, 4.69) is 17.1 Å². The molecule has 0 spiro atoms. The normalized spacial score (nSPS) is 33.5. The van der Waals surface area contributed by atoms with Gasteiger partial charge in [-0.3, -0.25) is 9.69 Å². The first-order valence-corrected chi connectivity index (χ1v) is 8.50. The van der Waals surface area contributed by atoms with Crippen LogP contribution in [0.15, 0.2) is 18.2 Å². The Morgan fingerprint density at radius 1 is 1.22 bits per heavy atom. The third kappa shape index (κ3) is 2.57. The Morgan fingerprint density at radius 3 is 2.61 bits per heavy atom. The molecule has 124 valence electrons. The van der Waals surface area contributed by atoms with Crippen LogP contribution in [0.25, 0.3) is 0 Å². The number of fused-ring (bicyclic) bond motifs is 4. The molecule has 0 radical (unpaired) electrons. The molecule has 5 heteroatoms. The lowest BCUT2D eigenvalue weighted by Gasteiger charge is -2.49. The van der Waals surface area contributed by atoms with Crippen molar-refractivity contribution in [3.05, 3.63) is 23.8 Å². The second-order valence-electron chi connectivity index (χ2n) is 7.38. The van der Waals surface area contributed by atoms with Crippen molar-refractivity contribution in [2.24, 2.45) is 5.92 Å². The Kier molecular flexibility index (Phi) is 3.30. The van der Waals surface area contributed by atoms with Gasteiger partial charge in [0.1, 0.15) is 0 Å². The number of hydrogen-bond donors (Lipinski definition) is 1. The van der Waals surface area contributed by atoms with E-state index >= 15 is 0 Å². The summed E-state index contributed by atoms with van der Waals surface area (Å²) in [6.07, 6.45) is 2.37. The zero-order chi connectivity index (χ0) is 16.2. The average molecular weight is 316 g/mol. The molecule has 23 heavy (non-hydrogen) atoms. The van der Waals surface area contributed by atoms with Crippen LogP contribution in [0.1, 0.15) is 44.0 Å². The van der Waals surface area contributed by atoms with Crippen molar-refractivity contribution in [1.29, 1.82) is 0 Å². The number of nitrogens with zero attached hydrogens (tertiary/aromatic N) is 1. The highest BCUT2D eigenvalue weighted by molar-refractivity contribution is 5.95. The van der Waals surface area contributed by atoms with Gasteiger partial charge in [-0.15, -0.1) is 0 Å². The van der Waals surface area contributed by atoms with Crippen molar-refractivity contribution < 1.29 is 14.3 Å². The molecule has 2 atom stereocenters. The van der Waals surface area contributed by atoms with Gasteiger partial charge in [0, 0.05) is 31.5 Å². The van der Waals surface area contributed by atoms with E-state index in [1.165, 1.54) is 12.8 Å². The van der Waals surface area contributed by atoms with Crippen LogP contribution < -0.4 is 14.8 Å². The monoisotopic (exact) mass is 316 g/mol. The van der Waals surface area contributed by atoms with Gasteiger partial charge in [-0.2, -0.15) is 0 Å². The van der Waals surface area contributed by atoms with Crippen LogP contribution >= 0.6 is 0 Å². The maximum Gasteiger partial charge on any atom is 0.251 e. The number of carbonyl (C=O) groups is 1. The molecular weight excluding hydrogens is 292 g/mol. The van der Waals surface area contributed by atoms with Crippen LogP contribution in [0.4, 0.5) is 0 Å². The van der Waals surface area contributed by atoms with Crippen LogP contribution in [-0.2, 0) is 0 Å². The van der Waals surface area contributed by atoms with Crippen molar-refractivity contribution in [3.63, 3.8) is 0 Å². The molecule has 0 aromatic heterocycles. The van der Waals surface area contributed by atoms with Crippen molar-refractivity contribution >= 4 is 5.91 Å². The number of piperidine rings is 3. The zero-order valence-electron chi connectivity index (χ0n) is 14.0. The minimum Gasteiger partial charge on any atom is -0.449 e. The third-order valence-electron chi connectivity index (χ3n) is 5.39. The molecule has 1 amide bonds. The lowest BCUT2D eigenvalue weighted by Crippen LogP contribution is -2.62. The highest BCUT2D eigenvalue weighted by Crippen LogP contribution is 2.39. The summed E-state index contributed by atoms with van der Waals surface area (Å²) in [6.45, 7) is 8.27. The molecule has 3 fully saturated rings. The lowest BCUT2D eigenvalue weighted by atomic mass is 9.79. The Bertz CT molecular complexity index is 633. The van der Waals surface area contributed by atoms with Gasteiger partial charge in [0.05, 0.1) is 0 Å². The van der Waals surface area contributed by atoms with Crippen molar-refractivity contribution in [3.8, 4) is 11.5 Å². The predicted molar refractivity (Wildman–Crippen MR) is 86.8 cm³/mol. The minimum atomic E-state index is -0.665. The summed E-state index contributed by atoms with van der Waals surface area (Å²) < 4.78 is 11.4. The largest absolute Gasteiger partial charge is 0.449 e. The maximum atomic E-state index is 12.7. The first kappa shape index (κ1) is 14.8. The van der Waals surface area contributed by atoms with E-state index in [0.717, 1.165) is 13.1 Å². The molecular formula is C18H24N2O3. The van der Waals surface area contributed by atoms with E-state index in [1.807, 2.05) is 26.0 Å². The van der Waals surface area contributed by atoms with Crippen LogP contribution in [0.3, 0.4) is 0 Å². The fraction of sp³-hybridized carbons (Fsp3) is 0.611. The Hall–Kier alpha value is -1.75. The Labute approximate surface area is 136 Å². The summed E-state index contributed by atoms with van der Waals surface area (Å²) in [5, 5.41) is 3.25. The van der Waals surface area contributed by atoms with E-state index in [0.29, 0.717) is 29.0 Å². The van der Waals surface area contributed by atoms with E-state index in [-0.39, 0.29) is 11.9 Å². The highest BCUT2D eigenvalue weighted by atomic mass is 16.7. The van der Waals surface area contributed by atoms with Gasteiger partial charge in [0.25, 0.3) is 5.91 Å². The standard InChI is InChI=1S/C18H24N2O3/c1-11-16(12-6-8-20(11)9-7-12)19-17(21)13-4-5-14-15(10-13)23-18(2,3)22-14/h4-5,10-12,16H,6-9H2,1-3H3,(H,19,21)/t11-,16-/m0/s1. The van der Waals surface area contributed by atoms with E-state index in [4.69, 9.17) is 9.47 Å². The molecule has 2 bridgehead atoms. The van der Waals surface area contributed by atoms with Crippen LogP contribution in [0.5, 0.6) is 11.5 Å². The minimum absolute atomic E-state index is 0.0216. The number of hydrogen-bond acceptors (Lipinski definition) is 4. The molecule has 1 aromatic carbocycles. The molecule has 0 saturated carbocycles.